The Morgan fingerprint density at radius 1 is 0.395 bits per heavy atom. The Balaban J connectivity index is 1.71. The summed E-state index contributed by atoms with van der Waals surface area (Å²) in [7, 11) is 0. The number of aryl methyl sites for hydroxylation is 2. The highest BCUT2D eigenvalue weighted by atomic mass is 14.5. The van der Waals surface area contributed by atoms with E-state index in [1.165, 1.54) is 87.2 Å². The molecule has 8 rings (SSSR count). The first-order valence-corrected chi connectivity index (χ1v) is 13.1. The van der Waals surface area contributed by atoms with Crippen LogP contribution in [0.1, 0.15) is 11.1 Å². The van der Waals surface area contributed by atoms with Crippen LogP contribution in [-0.4, -0.2) is 0 Å². The second kappa shape index (κ2) is 7.36. The predicted molar refractivity (Wildman–Crippen MR) is 166 cm³/mol. The van der Waals surface area contributed by atoms with Gasteiger partial charge in [-0.25, -0.2) is 0 Å². The summed E-state index contributed by atoms with van der Waals surface area (Å²) in [5, 5.41) is 12.4. The van der Waals surface area contributed by atoms with Crippen LogP contribution in [0.2, 0.25) is 0 Å². The Morgan fingerprint density at radius 2 is 0.789 bits per heavy atom. The minimum Gasteiger partial charge on any atom is -0.399 e. The van der Waals surface area contributed by atoms with Crippen molar-refractivity contribution in [2.45, 2.75) is 13.8 Å². The molecular weight excluding hydrogens is 460 g/mol. The van der Waals surface area contributed by atoms with Gasteiger partial charge in [0.15, 0.2) is 0 Å². The lowest BCUT2D eigenvalue weighted by Gasteiger charge is -2.24. The van der Waals surface area contributed by atoms with E-state index in [-0.39, 0.29) is 0 Å². The van der Waals surface area contributed by atoms with Crippen molar-refractivity contribution in [2.24, 2.45) is 0 Å². The monoisotopic (exact) mass is 486 g/mol. The van der Waals surface area contributed by atoms with E-state index >= 15 is 0 Å². The Hall–Kier alpha value is -4.82. The van der Waals surface area contributed by atoms with Crippen LogP contribution in [0.3, 0.4) is 0 Å². The minimum atomic E-state index is 0.785. The van der Waals surface area contributed by atoms with Crippen molar-refractivity contribution in [3.8, 4) is 22.3 Å². The summed E-state index contributed by atoms with van der Waals surface area (Å²) in [6.45, 7) is 4.27. The standard InChI is InChI=1S/C36H26N2/c1-19-3-7-21(8-4-19)31-27-13-11-24-16-26(38)18-30-32(22-9-5-20(2)6-10-22)28-14-12-23-15-25(37)17-29(31)33(23)36(28)35(27)34(24)30/h3-18H,37-38H2,1-2H3. The topological polar surface area (TPSA) is 52.0 Å². The lowest BCUT2D eigenvalue weighted by molar-refractivity contribution is 1.47. The molecule has 0 heterocycles. The summed E-state index contributed by atoms with van der Waals surface area (Å²) >= 11 is 0. The van der Waals surface area contributed by atoms with Crippen LogP contribution >= 0.6 is 0 Å². The van der Waals surface area contributed by atoms with Crippen molar-refractivity contribution in [1.82, 2.24) is 0 Å². The maximum atomic E-state index is 6.52. The van der Waals surface area contributed by atoms with Crippen molar-refractivity contribution < 1.29 is 0 Å². The summed E-state index contributed by atoms with van der Waals surface area (Å²) in [6.07, 6.45) is 0. The Kier molecular flexibility index (Phi) is 4.12. The molecule has 0 aromatic heterocycles. The molecule has 0 amide bonds. The highest BCUT2D eigenvalue weighted by Gasteiger charge is 2.24. The van der Waals surface area contributed by atoms with Gasteiger partial charge in [0.1, 0.15) is 0 Å². The summed E-state index contributed by atoms with van der Waals surface area (Å²) in [5.74, 6) is 0. The molecule has 0 atom stereocenters. The molecule has 4 N–H and O–H groups in total. The first-order valence-electron chi connectivity index (χ1n) is 13.1. The summed E-state index contributed by atoms with van der Waals surface area (Å²) in [4.78, 5) is 0. The molecule has 0 bridgehead atoms. The van der Waals surface area contributed by atoms with Gasteiger partial charge < -0.3 is 11.5 Å². The molecular formula is C36H26N2. The quantitative estimate of drug-likeness (QED) is 0.145. The van der Waals surface area contributed by atoms with Gasteiger partial charge in [-0.05, 0) is 114 Å². The highest BCUT2D eigenvalue weighted by molar-refractivity contribution is 6.42. The maximum Gasteiger partial charge on any atom is 0.0326 e. The van der Waals surface area contributed by atoms with Gasteiger partial charge in [0.05, 0.1) is 0 Å². The first kappa shape index (κ1) is 21.3. The molecule has 0 saturated carbocycles. The average molecular weight is 487 g/mol. The van der Waals surface area contributed by atoms with E-state index in [1.807, 2.05) is 0 Å². The Labute approximate surface area is 220 Å². The van der Waals surface area contributed by atoms with Gasteiger partial charge in [-0.2, -0.15) is 0 Å². The molecule has 38 heavy (non-hydrogen) atoms. The second-order valence-electron chi connectivity index (χ2n) is 10.8. The molecule has 180 valence electrons. The SMILES string of the molecule is Cc1ccc(-c2c3cc(N)cc4ccc5c(-c6ccc(C)cc6)c6cc(N)cc7ccc2c(c76)c5c43)cc1. The van der Waals surface area contributed by atoms with E-state index in [9.17, 15) is 0 Å². The molecule has 0 aliphatic carbocycles. The van der Waals surface area contributed by atoms with E-state index in [2.05, 4.69) is 111 Å². The number of nitrogen functional groups attached to an aromatic ring is 2. The summed E-state index contributed by atoms with van der Waals surface area (Å²) < 4.78 is 0. The highest BCUT2D eigenvalue weighted by Crippen LogP contribution is 2.52. The summed E-state index contributed by atoms with van der Waals surface area (Å²) in [5.41, 5.74) is 22.0. The number of hydrogen-bond acceptors (Lipinski definition) is 2. The Bertz CT molecular complexity index is 2030. The van der Waals surface area contributed by atoms with E-state index < -0.39 is 0 Å². The molecule has 2 heteroatoms. The van der Waals surface area contributed by atoms with Gasteiger partial charge in [-0.1, -0.05) is 83.9 Å². The van der Waals surface area contributed by atoms with Crippen LogP contribution in [-0.2, 0) is 0 Å². The Morgan fingerprint density at radius 3 is 1.18 bits per heavy atom. The fourth-order valence-electron chi connectivity index (χ4n) is 6.66. The van der Waals surface area contributed by atoms with Gasteiger partial charge in [-0.3, -0.25) is 0 Å². The van der Waals surface area contributed by atoms with Gasteiger partial charge in [0.2, 0.25) is 0 Å². The molecule has 8 aromatic carbocycles. The number of anilines is 2. The van der Waals surface area contributed by atoms with Crippen LogP contribution in [0.15, 0.2) is 97.1 Å². The zero-order valence-electron chi connectivity index (χ0n) is 21.4. The molecule has 0 fully saturated rings. The number of rotatable bonds is 2. The van der Waals surface area contributed by atoms with Gasteiger partial charge in [0.25, 0.3) is 0 Å². The van der Waals surface area contributed by atoms with E-state index in [0.717, 1.165) is 11.4 Å². The fourth-order valence-corrected chi connectivity index (χ4v) is 6.66. The number of hydrogen-bond donors (Lipinski definition) is 2. The minimum absolute atomic E-state index is 0.785. The number of benzene rings is 8. The van der Waals surface area contributed by atoms with E-state index in [0.29, 0.717) is 0 Å². The van der Waals surface area contributed by atoms with Crippen LogP contribution in [0.5, 0.6) is 0 Å². The van der Waals surface area contributed by atoms with Crippen LogP contribution in [0.4, 0.5) is 11.4 Å². The molecule has 2 nitrogen and oxygen atoms in total. The molecule has 0 radical (unpaired) electrons. The average Bonchev–Trinajstić information content (AvgIpc) is 2.91. The number of nitrogens with two attached hydrogens (primary N) is 2. The van der Waals surface area contributed by atoms with Gasteiger partial charge >= 0.3 is 0 Å². The predicted octanol–water partition coefficient (Wildman–Crippen LogP) is 9.44. The van der Waals surface area contributed by atoms with Crippen molar-refractivity contribution in [1.29, 1.82) is 0 Å². The van der Waals surface area contributed by atoms with Crippen molar-refractivity contribution >= 4 is 65.2 Å². The lowest BCUT2D eigenvalue weighted by atomic mass is 9.79. The third-order valence-corrected chi connectivity index (χ3v) is 8.29. The van der Waals surface area contributed by atoms with E-state index in [4.69, 9.17) is 11.5 Å². The smallest absolute Gasteiger partial charge is 0.0326 e. The van der Waals surface area contributed by atoms with Crippen molar-refractivity contribution in [3.05, 3.63) is 108 Å². The van der Waals surface area contributed by atoms with Gasteiger partial charge in [0, 0.05) is 11.4 Å². The lowest BCUT2D eigenvalue weighted by Crippen LogP contribution is -1.97. The largest absolute Gasteiger partial charge is 0.399 e. The molecule has 0 aliphatic heterocycles. The third-order valence-electron chi connectivity index (χ3n) is 8.29. The molecule has 0 aliphatic rings. The third kappa shape index (κ3) is 2.77. The fraction of sp³-hybridized carbons (Fsp3) is 0.0556. The normalized spacial score (nSPS) is 12.2. The van der Waals surface area contributed by atoms with Crippen molar-refractivity contribution in [3.63, 3.8) is 0 Å². The maximum absolute atomic E-state index is 6.52. The molecule has 0 saturated heterocycles. The van der Waals surface area contributed by atoms with E-state index in [1.54, 1.807) is 0 Å². The first-order chi connectivity index (χ1) is 18.5. The van der Waals surface area contributed by atoms with Crippen LogP contribution in [0.25, 0.3) is 76.1 Å². The second-order valence-corrected chi connectivity index (χ2v) is 10.8. The van der Waals surface area contributed by atoms with Crippen LogP contribution in [0, 0.1) is 13.8 Å². The zero-order chi connectivity index (χ0) is 25.7. The summed E-state index contributed by atoms with van der Waals surface area (Å²) in [6, 6.07) is 35.3. The van der Waals surface area contributed by atoms with Crippen LogP contribution < -0.4 is 11.5 Å². The van der Waals surface area contributed by atoms with Crippen molar-refractivity contribution in [2.75, 3.05) is 11.5 Å². The molecule has 0 spiro atoms. The van der Waals surface area contributed by atoms with Gasteiger partial charge in [-0.15, -0.1) is 0 Å². The molecule has 8 aromatic rings. The zero-order valence-corrected chi connectivity index (χ0v) is 21.4. The molecule has 0 unspecified atom stereocenters.